The van der Waals surface area contributed by atoms with Crippen molar-refractivity contribution in [3.05, 3.63) is 24.0 Å². The van der Waals surface area contributed by atoms with Crippen molar-refractivity contribution >= 4 is 5.78 Å². The van der Waals surface area contributed by atoms with Gasteiger partial charge in [-0.2, -0.15) is 0 Å². The summed E-state index contributed by atoms with van der Waals surface area (Å²) in [6.45, 7) is 1.12. The topological polar surface area (TPSA) is 39.2 Å². The van der Waals surface area contributed by atoms with Gasteiger partial charge in [-0.1, -0.05) is 0 Å². The number of aromatic nitrogens is 1. The molecular weight excluding hydrogens is 199 g/mol. The second-order valence-corrected chi connectivity index (χ2v) is 2.45. The number of carbonyl (C=O) groups is 1. The minimum absolute atomic E-state index is 0.329. The van der Waals surface area contributed by atoms with Crippen LogP contribution in [0.25, 0.3) is 0 Å². The summed E-state index contributed by atoms with van der Waals surface area (Å²) < 4.78 is 39.1. The minimum Gasteiger partial charge on any atom is -0.403 e. The van der Waals surface area contributed by atoms with Gasteiger partial charge in [-0.3, -0.25) is 4.79 Å². The molecule has 1 heterocycles. The van der Waals surface area contributed by atoms with Gasteiger partial charge in [-0.15, -0.1) is 13.2 Å². The van der Waals surface area contributed by atoms with E-state index in [2.05, 4.69) is 9.72 Å². The summed E-state index contributed by atoms with van der Waals surface area (Å²) in [4.78, 5) is 14.3. The van der Waals surface area contributed by atoms with Gasteiger partial charge in [0.15, 0.2) is 11.5 Å². The maximum absolute atomic E-state index is 11.8. The first kappa shape index (κ1) is 10.5. The second kappa shape index (κ2) is 3.65. The SMILES string of the molecule is CC(=O)c1ncccc1OC(F)(F)F. The highest BCUT2D eigenvalue weighted by atomic mass is 19.4. The number of carbonyl (C=O) groups excluding carboxylic acids is 1. The Morgan fingerprint density at radius 2 is 2.14 bits per heavy atom. The highest BCUT2D eigenvalue weighted by Crippen LogP contribution is 2.24. The number of pyridine rings is 1. The summed E-state index contributed by atoms with van der Waals surface area (Å²) in [5.41, 5.74) is -0.329. The molecule has 76 valence electrons. The van der Waals surface area contributed by atoms with Crippen LogP contribution in [0.3, 0.4) is 0 Å². The lowest BCUT2D eigenvalue weighted by Crippen LogP contribution is -2.19. The molecule has 0 fully saturated rings. The zero-order valence-corrected chi connectivity index (χ0v) is 7.13. The standard InChI is InChI=1S/C8H6F3NO2/c1-5(13)7-6(3-2-4-12-7)14-8(9,10)11/h2-4H,1H3. The van der Waals surface area contributed by atoms with Crippen molar-refractivity contribution in [2.24, 2.45) is 0 Å². The molecule has 0 aliphatic carbocycles. The lowest BCUT2D eigenvalue weighted by molar-refractivity contribution is -0.274. The van der Waals surface area contributed by atoms with E-state index in [1.54, 1.807) is 0 Å². The molecule has 0 atom stereocenters. The van der Waals surface area contributed by atoms with Crippen molar-refractivity contribution in [1.82, 2.24) is 4.98 Å². The molecule has 0 amide bonds. The molecule has 0 saturated heterocycles. The van der Waals surface area contributed by atoms with E-state index in [-0.39, 0.29) is 5.69 Å². The summed E-state index contributed by atoms with van der Waals surface area (Å²) in [6, 6.07) is 2.30. The van der Waals surface area contributed by atoms with Crippen molar-refractivity contribution in [1.29, 1.82) is 0 Å². The summed E-state index contributed by atoms with van der Waals surface area (Å²) in [6.07, 6.45) is -3.59. The zero-order valence-electron chi connectivity index (χ0n) is 7.13. The van der Waals surface area contributed by atoms with Gasteiger partial charge in [0, 0.05) is 13.1 Å². The Morgan fingerprint density at radius 3 is 2.64 bits per heavy atom. The maximum atomic E-state index is 11.8. The Balaban J connectivity index is 3.02. The summed E-state index contributed by atoms with van der Waals surface area (Å²) in [5.74, 6) is -1.16. The van der Waals surface area contributed by atoms with Gasteiger partial charge < -0.3 is 4.74 Å². The molecule has 3 nitrogen and oxygen atoms in total. The van der Waals surface area contributed by atoms with Crippen LogP contribution < -0.4 is 4.74 Å². The lowest BCUT2D eigenvalue weighted by atomic mass is 10.2. The third kappa shape index (κ3) is 2.72. The number of hydrogen-bond donors (Lipinski definition) is 0. The molecule has 0 unspecified atom stereocenters. The van der Waals surface area contributed by atoms with Crippen LogP contribution >= 0.6 is 0 Å². The van der Waals surface area contributed by atoms with Crippen LogP contribution in [0.15, 0.2) is 18.3 Å². The third-order valence-corrected chi connectivity index (χ3v) is 1.33. The summed E-state index contributed by atoms with van der Waals surface area (Å²) in [7, 11) is 0. The van der Waals surface area contributed by atoms with Gasteiger partial charge in [0.05, 0.1) is 0 Å². The minimum atomic E-state index is -4.81. The number of rotatable bonds is 2. The van der Waals surface area contributed by atoms with Gasteiger partial charge >= 0.3 is 6.36 Å². The van der Waals surface area contributed by atoms with Crippen LogP contribution in [0.4, 0.5) is 13.2 Å². The summed E-state index contributed by atoms with van der Waals surface area (Å²) >= 11 is 0. The number of ether oxygens (including phenoxy) is 1. The van der Waals surface area contributed by atoms with Gasteiger partial charge in [0.1, 0.15) is 5.69 Å². The Kier molecular flexibility index (Phi) is 2.73. The molecule has 1 aromatic rings. The lowest BCUT2D eigenvalue weighted by Gasteiger charge is -2.10. The fourth-order valence-corrected chi connectivity index (χ4v) is 0.862. The van der Waals surface area contributed by atoms with Gasteiger partial charge in [-0.05, 0) is 12.1 Å². The third-order valence-electron chi connectivity index (χ3n) is 1.33. The van der Waals surface area contributed by atoms with E-state index in [1.807, 2.05) is 0 Å². The smallest absolute Gasteiger partial charge is 0.403 e. The predicted octanol–water partition coefficient (Wildman–Crippen LogP) is 2.18. The number of hydrogen-bond acceptors (Lipinski definition) is 3. The van der Waals surface area contributed by atoms with Crippen LogP contribution in [0.1, 0.15) is 17.4 Å². The van der Waals surface area contributed by atoms with Crippen molar-refractivity contribution in [3.63, 3.8) is 0 Å². The molecule has 0 aliphatic heterocycles. The average Bonchev–Trinajstić information content (AvgIpc) is 2.01. The fraction of sp³-hybridized carbons (Fsp3) is 0.250. The first-order valence-electron chi connectivity index (χ1n) is 3.62. The first-order valence-corrected chi connectivity index (χ1v) is 3.62. The van der Waals surface area contributed by atoms with E-state index in [4.69, 9.17) is 0 Å². The first-order chi connectivity index (χ1) is 6.40. The summed E-state index contributed by atoms with van der Waals surface area (Å²) in [5, 5.41) is 0. The van der Waals surface area contributed by atoms with Crippen molar-refractivity contribution in [2.75, 3.05) is 0 Å². The number of nitrogens with zero attached hydrogens (tertiary/aromatic N) is 1. The molecule has 6 heteroatoms. The molecule has 0 bridgehead atoms. The molecule has 0 aliphatic rings. The highest BCUT2D eigenvalue weighted by molar-refractivity contribution is 5.94. The Labute approximate surface area is 77.5 Å². The second-order valence-electron chi connectivity index (χ2n) is 2.45. The van der Waals surface area contributed by atoms with E-state index in [9.17, 15) is 18.0 Å². The monoisotopic (exact) mass is 205 g/mol. The molecule has 1 aromatic heterocycles. The van der Waals surface area contributed by atoms with Gasteiger partial charge in [0.2, 0.25) is 0 Å². The number of ketones is 1. The fourth-order valence-electron chi connectivity index (χ4n) is 0.862. The van der Waals surface area contributed by atoms with Crippen LogP contribution in [-0.4, -0.2) is 17.1 Å². The maximum Gasteiger partial charge on any atom is 0.573 e. The highest BCUT2D eigenvalue weighted by Gasteiger charge is 2.32. The molecule has 0 N–H and O–H groups in total. The largest absolute Gasteiger partial charge is 0.573 e. The van der Waals surface area contributed by atoms with Crippen LogP contribution in [-0.2, 0) is 0 Å². The Hall–Kier alpha value is -1.59. The van der Waals surface area contributed by atoms with Crippen molar-refractivity contribution < 1.29 is 22.7 Å². The molecule has 0 saturated carbocycles. The van der Waals surface area contributed by atoms with E-state index >= 15 is 0 Å². The van der Waals surface area contributed by atoms with E-state index < -0.39 is 17.9 Å². The molecule has 1 rings (SSSR count). The number of Topliss-reactive ketones (excluding diaryl/α,β-unsaturated/α-hetero) is 1. The number of alkyl halides is 3. The van der Waals surface area contributed by atoms with Gasteiger partial charge in [0.25, 0.3) is 0 Å². The molecular formula is C8H6F3NO2. The Bertz CT molecular complexity index is 349. The Morgan fingerprint density at radius 1 is 1.50 bits per heavy atom. The molecule has 0 aromatic carbocycles. The van der Waals surface area contributed by atoms with E-state index in [0.717, 1.165) is 13.0 Å². The van der Waals surface area contributed by atoms with E-state index in [1.165, 1.54) is 12.3 Å². The van der Waals surface area contributed by atoms with Gasteiger partial charge in [-0.25, -0.2) is 4.98 Å². The predicted molar refractivity (Wildman–Crippen MR) is 40.9 cm³/mol. The van der Waals surface area contributed by atoms with Crippen molar-refractivity contribution in [2.45, 2.75) is 13.3 Å². The van der Waals surface area contributed by atoms with Crippen LogP contribution in [0, 0.1) is 0 Å². The van der Waals surface area contributed by atoms with Crippen LogP contribution in [0.5, 0.6) is 5.75 Å². The zero-order chi connectivity index (χ0) is 10.8. The average molecular weight is 205 g/mol. The quantitative estimate of drug-likeness (QED) is 0.694. The molecule has 0 radical (unpaired) electrons. The molecule has 14 heavy (non-hydrogen) atoms. The van der Waals surface area contributed by atoms with E-state index in [0.29, 0.717) is 0 Å². The normalized spacial score (nSPS) is 11.1. The molecule has 0 spiro atoms. The van der Waals surface area contributed by atoms with Crippen LogP contribution in [0.2, 0.25) is 0 Å². The van der Waals surface area contributed by atoms with Crippen molar-refractivity contribution in [3.8, 4) is 5.75 Å². The number of halogens is 3.